The van der Waals surface area contributed by atoms with Crippen molar-refractivity contribution >= 4 is 16.9 Å². The molecule has 5 rings (SSSR count). The average Bonchev–Trinajstić information content (AvgIpc) is 3.50. The minimum Gasteiger partial charge on any atom is -0.449 e. The second kappa shape index (κ2) is 7.33. The first-order valence-electron chi connectivity index (χ1n) is 9.78. The lowest BCUT2D eigenvalue weighted by Crippen LogP contribution is -2.11. The number of aromatic nitrogens is 3. The quantitative estimate of drug-likeness (QED) is 0.425. The van der Waals surface area contributed by atoms with Gasteiger partial charge in [-0.25, -0.2) is 9.18 Å². The molecule has 0 radical (unpaired) electrons. The normalized spacial score (nSPS) is 14.6. The second-order valence-electron chi connectivity index (χ2n) is 7.39. The van der Waals surface area contributed by atoms with Crippen LogP contribution in [0.2, 0.25) is 0 Å². The Labute approximate surface area is 171 Å². The molecular weight excluding hydrogens is 385 g/mol. The van der Waals surface area contributed by atoms with Crippen molar-refractivity contribution in [3.8, 4) is 11.5 Å². The molecule has 0 amide bonds. The molecule has 1 aliphatic rings. The van der Waals surface area contributed by atoms with Crippen LogP contribution in [0.25, 0.3) is 22.4 Å². The fourth-order valence-corrected chi connectivity index (χ4v) is 3.34. The van der Waals surface area contributed by atoms with E-state index in [0.717, 1.165) is 29.4 Å². The van der Waals surface area contributed by atoms with E-state index in [-0.39, 0.29) is 17.6 Å². The molecule has 2 heterocycles. The van der Waals surface area contributed by atoms with Crippen LogP contribution < -0.4 is 0 Å². The molecular formula is C23H18FN3O3. The van der Waals surface area contributed by atoms with Crippen LogP contribution in [0, 0.1) is 5.82 Å². The van der Waals surface area contributed by atoms with Gasteiger partial charge in [0.15, 0.2) is 6.10 Å². The Bertz CT molecular complexity index is 1230. The largest absolute Gasteiger partial charge is 0.449 e. The lowest BCUT2D eigenvalue weighted by molar-refractivity contribution is 0.0282. The van der Waals surface area contributed by atoms with E-state index in [0.29, 0.717) is 17.0 Å². The van der Waals surface area contributed by atoms with Crippen molar-refractivity contribution in [1.29, 1.82) is 0 Å². The summed E-state index contributed by atoms with van der Waals surface area (Å²) in [4.78, 5) is 17.7. The van der Waals surface area contributed by atoms with E-state index in [4.69, 9.17) is 9.15 Å². The summed E-state index contributed by atoms with van der Waals surface area (Å²) in [6, 6.07) is 15.1. The Balaban J connectivity index is 1.40. The Morgan fingerprint density at radius 2 is 1.90 bits per heavy atom. The highest BCUT2D eigenvalue weighted by Crippen LogP contribution is 2.40. The molecule has 1 atom stereocenters. The minimum atomic E-state index is -0.740. The Kier molecular flexibility index (Phi) is 4.50. The summed E-state index contributed by atoms with van der Waals surface area (Å²) in [7, 11) is 0. The maximum Gasteiger partial charge on any atom is 0.339 e. The van der Waals surface area contributed by atoms with Crippen molar-refractivity contribution in [1.82, 2.24) is 15.2 Å². The maximum absolute atomic E-state index is 13.1. The number of carbonyl (C=O) groups is 1. The highest BCUT2D eigenvalue weighted by Gasteiger charge is 2.28. The van der Waals surface area contributed by atoms with Crippen LogP contribution in [0.4, 0.5) is 4.39 Å². The number of halogens is 1. The molecule has 2 aromatic carbocycles. The van der Waals surface area contributed by atoms with Gasteiger partial charge in [0.2, 0.25) is 5.89 Å². The third kappa shape index (κ3) is 3.54. The first-order chi connectivity index (χ1) is 14.6. The molecule has 0 bridgehead atoms. The van der Waals surface area contributed by atoms with Gasteiger partial charge in [0, 0.05) is 22.6 Å². The van der Waals surface area contributed by atoms with Crippen LogP contribution in [0.15, 0.2) is 59.0 Å². The zero-order valence-corrected chi connectivity index (χ0v) is 16.2. The van der Waals surface area contributed by atoms with Crippen LogP contribution in [0.3, 0.4) is 0 Å². The van der Waals surface area contributed by atoms with Crippen molar-refractivity contribution in [2.75, 3.05) is 0 Å². The molecule has 1 aliphatic carbocycles. The highest BCUT2D eigenvalue weighted by atomic mass is 19.1. The molecule has 30 heavy (non-hydrogen) atoms. The van der Waals surface area contributed by atoms with E-state index >= 15 is 0 Å². The number of para-hydroxylation sites is 1. The summed E-state index contributed by atoms with van der Waals surface area (Å²) >= 11 is 0. The average molecular weight is 403 g/mol. The van der Waals surface area contributed by atoms with Crippen molar-refractivity contribution < 1.29 is 18.3 Å². The topological polar surface area (TPSA) is 78.1 Å². The summed E-state index contributed by atoms with van der Waals surface area (Å²) in [5.74, 6) is -0.00465. The number of hydrogen-bond acceptors (Lipinski definition) is 6. The molecule has 0 spiro atoms. The Hall–Kier alpha value is -3.61. The number of pyridine rings is 1. The zero-order valence-electron chi connectivity index (χ0n) is 16.2. The smallest absolute Gasteiger partial charge is 0.339 e. The SMILES string of the molecule is C[C@@H](OC(=O)c1cc(C2CC2)nc2ccccc12)c1nnc(-c2ccc(F)cc2)o1. The minimum absolute atomic E-state index is 0.170. The number of hydrogen-bond donors (Lipinski definition) is 0. The molecule has 1 fully saturated rings. The standard InChI is InChI=1S/C23H18FN3O3/c1-13(21-26-27-22(30-21)15-8-10-16(24)11-9-15)29-23(28)18-12-20(14-6-7-14)25-19-5-3-2-4-17(18)19/h2-5,8-14H,6-7H2,1H3/t13-/m1/s1. The predicted molar refractivity (Wildman–Crippen MR) is 107 cm³/mol. The zero-order chi connectivity index (χ0) is 20.7. The van der Waals surface area contributed by atoms with Gasteiger partial charge in [0.1, 0.15) is 5.82 Å². The number of benzene rings is 2. The van der Waals surface area contributed by atoms with Crippen LogP contribution in [-0.2, 0) is 4.74 Å². The van der Waals surface area contributed by atoms with E-state index in [1.165, 1.54) is 12.1 Å². The van der Waals surface area contributed by atoms with Gasteiger partial charge in [-0.2, -0.15) is 0 Å². The van der Waals surface area contributed by atoms with Crippen molar-refractivity contribution in [2.24, 2.45) is 0 Å². The van der Waals surface area contributed by atoms with Gasteiger partial charge in [0.05, 0.1) is 11.1 Å². The monoisotopic (exact) mass is 403 g/mol. The first-order valence-corrected chi connectivity index (χ1v) is 9.78. The van der Waals surface area contributed by atoms with Gasteiger partial charge in [0.25, 0.3) is 5.89 Å². The summed E-state index contributed by atoms with van der Waals surface area (Å²) in [6.07, 6.45) is 1.44. The molecule has 150 valence electrons. The second-order valence-corrected chi connectivity index (χ2v) is 7.39. The van der Waals surface area contributed by atoms with Crippen molar-refractivity contribution in [3.63, 3.8) is 0 Å². The Morgan fingerprint density at radius 1 is 1.13 bits per heavy atom. The number of nitrogens with zero attached hydrogens (tertiary/aromatic N) is 3. The summed E-state index contributed by atoms with van der Waals surface area (Å²) < 4.78 is 24.4. The first kappa shape index (κ1) is 18.4. The van der Waals surface area contributed by atoms with E-state index < -0.39 is 12.1 Å². The van der Waals surface area contributed by atoms with Crippen molar-refractivity contribution in [3.05, 3.63) is 77.6 Å². The van der Waals surface area contributed by atoms with E-state index in [9.17, 15) is 9.18 Å². The number of rotatable bonds is 5. The molecule has 4 aromatic rings. The highest BCUT2D eigenvalue weighted by molar-refractivity contribution is 6.03. The predicted octanol–water partition coefficient (Wildman–Crippen LogP) is 5.22. The van der Waals surface area contributed by atoms with Gasteiger partial charge in [-0.3, -0.25) is 4.98 Å². The van der Waals surface area contributed by atoms with Gasteiger partial charge in [-0.15, -0.1) is 10.2 Å². The molecule has 7 heteroatoms. The number of esters is 1. The fourth-order valence-electron chi connectivity index (χ4n) is 3.34. The number of fused-ring (bicyclic) bond motifs is 1. The van der Waals surface area contributed by atoms with E-state index in [1.807, 2.05) is 30.3 Å². The Morgan fingerprint density at radius 3 is 2.67 bits per heavy atom. The summed E-state index contributed by atoms with van der Waals surface area (Å²) in [5.41, 5.74) is 2.76. The lowest BCUT2D eigenvalue weighted by Gasteiger charge is -2.12. The lowest BCUT2D eigenvalue weighted by atomic mass is 10.1. The summed E-state index contributed by atoms with van der Waals surface area (Å²) in [5, 5.41) is 8.70. The molecule has 0 N–H and O–H groups in total. The molecule has 6 nitrogen and oxygen atoms in total. The third-order valence-corrected chi connectivity index (χ3v) is 5.11. The van der Waals surface area contributed by atoms with Crippen LogP contribution in [0.1, 0.15) is 53.7 Å². The number of carbonyl (C=O) groups excluding carboxylic acids is 1. The molecule has 0 saturated heterocycles. The summed E-state index contributed by atoms with van der Waals surface area (Å²) in [6.45, 7) is 1.67. The third-order valence-electron chi connectivity index (χ3n) is 5.11. The molecule has 1 saturated carbocycles. The van der Waals surface area contributed by atoms with Gasteiger partial charge < -0.3 is 9.15 Å². The van der Waals surface area contributed by atoms with E-state index in [2.05, 4.69) is 15.2 Å². The van der Waals surface area contributed by atoms with Gasteiger partial charge in [-0.1, -0.05) is 18.2 Å². The van der Waals surface area contributed by atoms with Crippen LogP contribution in [-0.4, -0.2) is 21.2 Å². The van der Waals surface area contributed by atoms with Gasteiger partial charge >= 0.3 is 5.97 Å². The molecule has 0 aliphatic heterocycles. The van der Waals surface area contributed by atoms with Crippen LogP contribution in [0.5, 0.6) is 0 Å². The maximum atomic E-state index is 13.1. The van der Waals surface area contributed by atoms with E-state index in [1.54, 1.807) is 19.1 Å². The van der Waals surface area contributed by atoms with Gasteiger partial charge in [-0.05, 0) is 56.2 Å². The fraction of sp³-hybridized carbons (Fsp3) is 0.217. The van der Waals surface area contributed by atoms with Crippen LogP contribution >= 0.6 is 0 Å². The number of ether oxygens (including phenoxy) is 1. The molecule has 0 unspecified atom stereocenters. The van der Waals surface area contributed by atoms with Crippen molar-refractivity contribution in [2.45, 2.75) is 31.8 Å². The molecule has 2 aromatic heterocycles.